The second-order valence-electron chi connectivity index (χ2n) is 5.29. The van der Waals surface area contributed by atoms with Crippen LogP contribution >= 0.6 is 0 Å². The number of amides is 1. The fourth-order valence-electron chi connectivity index (χ4n) is 2.57. The van der Waals surface area contributed by atoms with Gasteiger partial charge in [0.05, 0.1) is 11.9 Å². The molecule has 0 saturated carbocycles. The fraction of sp³-hybridized carbons (Fsp3) is 0.692. The maximum atomic E-state index is 12.6. The molecule has 2 rings (SSSR count). The van der Waals surface area contributed by atoms with Crippen molar-refractivity contribution in [3.8, 4) is 0 Å². The predicted molar refractivity (Wildman–Crippen MR) is 82.6 cm³/mol. The molecule has 1 atom stereocenters. The summed E-state index contributed by atoms with van der Waals surface area (Å²) in [6.45, 7) is 3.16. The number of sulfonamides is 1. The van der Waals surface area contributed by atoms with Gasteiger partial charge in [-0.05, 0) is 14.0 Å². The minimum absolute atomic E-state index is 0.0518. The topological polar surface area (TPSA) is 87.5 Å². The minimum atomic E-state index is -3.18. The van der Waals surface area contributed by atoms with Gasteiger partial charge in [-0.2, -0.15) is 9.40 Å². The number of aromatic nitrogens is 2. The highest BCUT2D eigenvalue weighted by atomic mass is 32.2. The SMILES string of the molecule is CCS(=O)(=O)N1CCN(C(=O)C(NC)c2cnn(C)c2)CC1. The highest BCUT2D eigenvalue weighted by Crippen LogP contribution is 2.17. The Bertz CT molecular complexity index is 619. The number of carbonyl (C=O) groups is 1. The zero-order chi connectivity index (χ0) is 16.3. The molecule has 2 heterocycles. The van der Waals surface area contributed by atoms with Gasteiger partial charge in [-0.15, -0.1) is 0 Å². The van der Waals surface area contributed by atoms with E-state index < -0.39 is 16.1 Å². The lowest BCUT2D eigenvalue weighted by atomic mass is 10.1. The van der Waals surface area contributed by atoms with E-state index in [4.69, 9.17) is 0 Å². The van der Waals surface area contributed by atoms with E-state index in [1.54, 1.807) is 43.0 Å². The first-order valence-electron chi connectivity index (χ1n) is 7.31. The van der Waals surface area contributed by atoms with Crippen LogP contribution in [-0.2, 0) is 21.9 Å². The van der Waals surface area contributed by atoms with Crippen molar-refractivity contribution in [3.05, 3.63) is 18.0 Å². The molecule has 1 aromatic rings. The van der Waals surface area contributed by atoms with Crippen LogP contribution in [0.15, 0.2) is 12.4 Å². The molecule has 1 unspecified atom stereocenters. The van der Waals surface area contributed by atoms with Gasteiger partial charge in [-0.3, -0.25) is 9.48 Å². The maximum absolute atomic E-state index is 12.6. The van der Waals surface area contributed by atoms with E-state index >= 15 is 0 Å². The molecule has 1 aliphatic heterocycles. The molecule has 1 saturated heterocycles. The fourth-order valence-corrected chi connectivity index (χ4v) is 3.66. The molecule has 1 aromatic heterocycles. The Morgan fingerprint density at radius 3 is 2.45 bits per heavy atom. The van der Waals surface area contributed by atoms with Crippen LogP contribution < -0.4 is 5.32 Å². The predicted octanol–water partition coefficient (Wildman–Crippen LogP) is -0.825. The second-order valence-corrected chi connectivity index (χ2v) is 7.55. The van der Waals surface area contributed by atoms with E-state index in [1.807, 2.05) is 0 Å². The summed E-state index contributed by atoms with van der Waals surface area (Å²) in [6.07, 6.45) is 3.47. The number of likely N-dealkylation sites (N-methyl/N-ethyl adjacent to an activating group) is 1. The number of aryl methyl sites for hydroxylation is 1. The van der Waals surface area contributed by atoms with Crippen LogP contribution in [0.4, 0.5) is 0 Å². The van der Waals surface area contributed by atoms with Crippen LogP contribution in [0.3, 0.4) is 0 Å². The molecule has 22 heavy (non-hydrogen) atoms. The van der Waals surface area contributed by atoms with Crippen molar-refractivity contribution in [1.29, 1.82) is 0 Å². The lowest BCUT2D eigenvalue weighted by Gasteiger charge is -2.35. The summed E-state index contributed by atoms with van der Waals surface area (Å²) in [6, 6.07) is -0.456. The molecule has 8 nitrogen and oxygen atoms in total. The van der Waals surface area contributed by atoms with Gasteiger partial charge in [0.2, 0.25) is 15.9 Å². The molecular weight excluding hydrogens is 306 g/mol. The quantitative estimate of drug-likeness (QED) is 0.762. The first kappa shape index (κ1) is 16.9. The molecule has 1 fully saturated rings. The van der Waals surface area contributed by atoms with Gasteiger partial charge in [0.15, 0.2) is 0 Å². The van der Waals surface area contributed by atoms with Crippen molar-refractivity contribution < 1.29 is 13.2 Å². The Kier molecular flexibility index (Phi) is 5.20. The summed E-state index contributed by atoms with van der Waals surface area (Å²) in [5, 5.41) is 7.09. The highest BCUT2D eigenvalue weighted by molar-refractivity contribution is 7.89. The zero-order valence-corrected chi connectivity index (χ0v) is 14.0. The Morgan fingerprint density at radius 2 is 2.00 bits per heavy atom. The van der Waals surface area contributed by atoms with Crippen LogP contribution in [0.25, 0.3) is 0 Å². The van der Waals surface area contributed by atoms with Crippen molar-refractivity contribution in [1.82, 2.24) is 24.3 Å². The lowest BCUT2D eigenvalue weighted by Crippen LogP contribution is -2.52. The number of nitrogens with one attached hydrogen (secondary N) is 1. The summed E-state index contributed by atoms with van der Waals surface area (Å²) in [7, 11) is 0.352. The lowest BCUT2D eigenvalue weighted by molar-refractivity contribution is -0.134. The molecule has 124 valence electrons. The van der Waals surface area contributed by atoms with Crippen LogP contribution in [0.2, 0.25) is 0 Å². The van der Waals surface area contributed by atoms with Crippen molar-refractivity contribution in [2.75, 3.05) is 39.0 Å². The van der Waals surface area contributed by atoms with Crippen molar-refractivity contribution >= 4 is 15.9 Å². The van der Waals surface area contributed by atoms with E-state index in [0.29, 0.717) is 26.2 Å². The van der Waals surface area contributed by atoms with Crippen LogP contribution in [0.1, 0.15) is 18.5 Å². The van der Waals surface area contributed by atoms with Gasteiger partial charge in [0, 0.05) is 45.0 Å². The number of rotatable bonds is 5. The number of nitrogens with zero attached hydrogens (tertiary/aromatic N) is 4. The molecule has 0 radical (unpaired) electrons. The van der Waals surface area contributed by atoms with E-state index in [9.17, 15) is 13.2 Å². The Labute approximate surface area is 131 Å². The van der Waals surface area contributed by atoms with Gasteiger partial charge in [0.1, 0.15) is 6.04 Å². The van der Waals surface area contributed by atoms with Crippen molar-refractivity contribution in [3.63, 3.8) is 0 Å². The average molecular weight is 329 g/mol. The molecule has 0 aromatic carbocycles. The van der Waals surface area contributed by atoms with Crippen molar-refractivity contribution in [2.45, 2.75) is 13.0 Å². The largest absolute Gasteiger partial charge is 0.338 e. The molecule has 1 amide bonds. The molecule has 1 N–H and O–H groups in total. The smallest absolute Gasteiger partial charge is 0.244 e. The van der Waals surface area contributed by atoms with Crippen LogP contribution in [0.5, 0.6) is 0 Å². The third kappa shape index (κ3) is 3.47. The summed E-state index contributed by atoms with van der Waals surface area (Å²) in [4.78, 5) is 14.3. The molecule has 9 heteroatoms. The summed E-state index contributed by atoms with van der Waals surface area (Å²) < 4.78 is 26.8. The van der Waals surface area contributed by atoms with Gasteiger partial charge in [-0.25, -0.2) is 8.42 Å². The standard InChI is InChI=1S/C13H23N5O3S/c1-4-22(20,21)18-7-5-17(6-8-18)13(19)12(14-2)11-9-15-16(3)10-11/h9-10,12,14H,4-8H2,1-3H3. The summed E-state index contributed by atoms with van der Waals surface area (Å²) >= 11 is 0. The second kappa shape index (κ2) is 6.76. The number of carbonyl (C=O) groups excluding carboxylic acids is 1. The average Bonchev–Trinajstić information content (AvgIpc) is 2.94. The minimum Gasteiger partial charge on any atom is -0.338 e. The third-order valence-corrected chi connectivity index (χ3v) is 5.78. The molecule has 0 bridgehead atoms. The maximum Gasteiger partial charge on any atom is 0.244 e. The Balaban J connectivity index is 2.02. The van der Waals surface area contributed by atoms with E-state index in [0.717, 1.165) is 5.56 Å². The van der Waals surface area contributed by atoms with Gasteiger partial charge in [0.25, 0.3) is 0 Å². The van der Waals surface area contributed by atoms with E-state index in [-0.39, 0.29) is 11.7 Å². The van der Waals surface area contributed by atoms with Gasteiger partial charge < -0.3 is 10.2 Å². The summed E-state index contributed by atoms with van der Waals surface area (Å²) in [5.41, 5.74) is 0.804. The first-order chi connectivity index (χ1) is 10.4. The molecule has 0 spiro atoms. The van der Waals surface area contributed by atoms with Gasteiger partial charge >= 0.3 is 0 Å². The highest BCUT2D eigenvalue weighted by Gasteiger charge is 2.31. The van der Waals surface area contributed by atoms with Crippen LogP contribution in [0, 0.1) is 0 Å². The van der Waals surface area contributed by atoms with Crippen LogP contribution in [-0.4, -0.2) is 72.3 Å². The zero-order valence-electron chi connectivity index (χ0n) is 13.2. The number of hydrogen-bond donors (Lipinski definition) is 1. The number of piperazine rings is 1. The normalized spacial score (nSPS) is 18.4. The number of hydrogen-bond acceptors (Lipinski definition) is 5. The Morgan fingerprint density at radius 1 is 1.36 bits per heavy atom. The molecule has 1 aliphatic rings. The third-order valence-electron chi connectivity index (χ3n) is 3.90. The Hall–Kier alpha value is -1.45. The summed E-state index contributed by atoms with van der Waals surface area (Å²) in [5.74, 6) is 0.0412. The monoisotopic (exact) mass is 329 g/mol. The molecular formula is C13H23N5O3S. The van der Waals surface area contributed by atoms with Crippen molar-refractivity contribution in [2.24, 2.45) is 7.05 Å². The van der Waals surface area contributed by atoms with E-state index in [2.05, 4.69) is 10.4 Å². The first-order valence-corrected chi connectivity index (χ1v) is 8.92. The molecule has 0 aliphatic carbocycles. The van der Waals surface area contributed by atoms with E-state index in [1.165, 1.54) is 4.31 Å². The van der Waals surface area contributed by atoms with Gasteiger partial charge in [-0.1, -0.05) is 0 Å².